The second-order valence-corrected chi connectivity index (χ2v) is 6.53. The minimum atomic E-state index is -0.875. The lowest BCUT2D eigenvalue weighted by atomic mass is 10.1. The van der Waals surface area contributed by atoms with Crippen LogP contribution >= 0.6 is 0 Å². The van der Waals surface area contributed by atoms with Gasteiger partial charge in [0.25, 0.3) is 0 Å². The van der Waals surface area contributed by atoms with Crippen molar-refractivity contribution >= 4 is 17.1 Å². The predicted octanol–water partition coefficient (Wildman–Crippen LogP) is 5.95. The van der Waals surface area contributed by atoms with Crippen LogP contribution in [0.15, 0.2) is 101 Å². The minimum Gasteiger partial charge on any atom is -0.460 e. The molecule has 154 valence electrons. The van der Waals surface area contributed by atoms with Crippen molar-refractivity contribution < 1.29 is 23.4 Å². The summed E-state index contributed by atoms with van der Waals surface area (Å²) in [6, 6.07) is 21.8. The molecule has 0 unspecified atom stereocenters. The summed E-state index contributed by atoms with van der Waals surface area (Å²) in [6.45, 7) is 3.49. The predicted molar refractivity (Wildman–Crippen MR) is 117 cm³/mol. The Morgan fingerprint density at radius 2 is 1.65 bits per heavy atom. The smallest absolute Gasteiger partial charge is 0.460 e. The summed E-state index contributed by atoms with van der Waals surface area (Å²) in [5, 5.41) is 0.296. The van der Waals surface area contributed by atoms with Crippen molar-refractivity contribution in [1.29, 1.82) is 0 Å². The molecular formula is C25H18O6. The van der Waals surface area contributed by atoms with Gasteiger partial charge < -0.3 is 18.6 Å². The SMILES string of the molecule is C=CCOC(=O)Oc1ccc2c(=O)c(Oc3ccc(-c4ccccc4)cc3)coc2c1. The van der Waals surface area contributed by atoms with Gasteiger partial charge in [-0.05, 0) is 35.4 Å². The highest BCUT2D eigenvalue weighted by atomic mass is 16.7. The molecule has 0 saturated carbocycles. The van der Waals surface area contributed by atoms with E-state index in [1.807, 2.05) is 42.5 Å². The van der Waals surface area contributed by atoms with E-state index in [1.165, 1.54) is 30.5 Å². The largest absolute Gasteiger partial charge is 0.514 e. The van der Waals surface area contributed by atoms with Crippen LogP contribution in [0.5, 0.6) is 17.2 Å². The van der Waals surface area contributed by atoms with Crippen LogP contribution in [0.2, 0.25) is 0 Å². The maximum atomic E-state index is 12.8. The molecule has 0 aliphatic heterocycles. The van der Waals surface area contributed by atoms with Gasteiger partial charge in [0.2, 0.25) is 11.2 Å². The summed E-state index contributed by atoms with van der Waals surface area (Å²) in [5.41, 5.74) is 2.04. The number of ether oxygens (including phenoxy) is 3. The standard InChI is InChI=1S/C25H18O6/c1-2-14-28-25(27)31-20-12-13-21-22(15-20)29-16-23(24(21)26)30-19-10-8-18(9-11-19)17-6-4-3-5-7-17/h2-13,15-16H,1,14H2. The summed E-state index contributed by atoms with van der Waals surface area (Å²) < 4.78 is 21.0. The van der Waals surface area contributed by atoms with Gasteiger partial charge in [0, 0.05) is 6.07 Å². The molecule has 31 heavy (non-hydrogen) atoms. The fourth-order valence-electron chi connectivity index (χ4n) is 2.95. The summed E-state index contributed by atoms with van der Waals surface area (Å²) in [7, 11) is 0. The van der Waals surface area contributed by atoms with Gasteiger partial charge in [0.15, 0.2) is 0 Å². The lowest BCUT2D eigenvalue weighted by molar-refractivity contribution is 0.109. The Hall–Kier alpha value is -4.32. The molecule has 0 bridgehead atoms. The van der Waals surface area contributed by atoms with Crippen molar-refractivity contribution in [1.82, 2.24) is 0 Å². The number of hydrogen-bond acceptors (Lipinski definition) is 6. The third-order valence-corrected chi connectivity index (χ3v) is 4.42. The van der Waals surface area contributed by atoms with Gasteiger partial charge in [0.1, 0.15) is 30.0 Å². The molecule has 0 radical (unpaired) electrons. The van der Waals surface area contributed by atoms with Gasteiger partial charge >= 0.3 is 6.16 Å². The molecule has 0 fully saturated rings. The summed E-state index contributed by atoms with van der Waals surface area (Å²) in [4.78, 5) is 24.3. The van der Waals surface area contributed by atoms with E-state index >= 15 is 0 Å². The van der Waals surface area contributed by atoms with Gasteiger partial charge in [0.05, 0.1) is 5.39 Å². The number of benzene rings is 3. The van der Waals surface area contributed by atoms with Gasteiger partial charge in [-0.3, -0.25) is 4.79 Å². The molecule has 1 aromatic heterocycles. The van der Waals surface area contributed by atoms with E-state index < -0.39 is 6.16 Å². The normalized spacial score (nSPS) is 10.5. The van der Waals surface area contributed by atoms with Crippen LogP contribution < -0.4 is 14.9 Å². The first-order valence-corrected chi connectivity index (χ1v) is 9.48. The van der Waals surface area contributed by atoms with E-state index in [2.05, 4.69) is 6.58 Å². The van der Waals surface area contributed by atoms with E-state index in [0.29, 0.717) is 11.1 Å². The Morgan fingerprint density at radius 3 is 2.39 bits per heavy atom. The Balaban J connectivity index is 1.53. The van der Waals surface area contributed by atoms with Gasteiger partial charge in [-0.2, -0.15) is 0 Å². The molecular weight excluding hydrogens is 396 g/mol. The summed E-state index contributed by atoms with van der Waals surface area (Å²) in [6.07, 6.45) is 1.79. The second kappa shape index (κ2) is 9.00. The molecule has 0 aliphatic rings. The number of rotatable bonds is 6. The maximum absolute atomic E-state index is 12.8. The third-order valence-electron chi connectivity index (χ3n) is 4.42. The van der Waals surface area contributed by atoms with E-state index in [4.69, 9.17) is 18.6 Å². The molecule has 0 aliphatic carbocycles. The molecule has 6 heteroatoms. The van der Waals surface area contributed by atoms with Crippen LogP contribution in [0.3, 0.4) is 0 Å². The van der Waals surface area contributed by atoms with E-state index in [1.54, 1.807) is 12.1 Å². The fraction of sp³-hybridized carbons (Fsp3) is 0.0400. The maximum Gasteiger partial charge on any atom is 0.514 e. The molecule has 3 aromatic carbocycles. The highest BCUT2D eigenvalue weighted by molar-refractivity contribution is 5.80. The molecule has 6 nitrogen and oxygen atoms in total. The van der Waals surface area contributed by atoms with Crippen LogP contribution in [0.1, 0.15) is 0 Å². The molecule has 0 saturated heterocycles. The second-order valence-electron chi connectivity index (χ2n) is 6.53. The van der Waals surface area contributed by atoms with Gasteiger partial charge in [-0.15, -0.1) is 0 Å². The van der Waals surface area contributed by atoms with Crippen LogP contribution in [-0.4, -0.2) is 12.8 Å². The minimum absolute atomic E-state index is 0.0362. The van der Waals surface area contributed by atoms with E-state index in [9.17, 15) is 9.59 Å². The average molecular weight is 414 g/mol. The van der Waals surface area contributed by atoms with Crippen LogP contribution in [0, 0.1) is 0 Å². The van der Waals surface area contributed by atoms with Crippen LogP contribution in [0.4, 0.5) is 4.79 Å². The Kier molecular flexibility index (Phi) is 5.80. The zero-order valence-electron chi connectivity index (χ0n) is 16.4. The number of hydrogen-bond donors (Lipinski definition) is 0. The first-order valence-electron chi connectivity index (χ1n) is 9.48. The number of carbonyl (C=O) groups excluding carboxylic acids is 1. The average Bonchev–Trinajstić information content (AvgIpc) is 2.80. The zero-order valence-corrected chi connectivity index (χ0v) is 16.4. The highest BCUT2D eigenvalue weighted by Gasteiger charge is 2.12. The quantitative estimate of drug-likeness (QED) is 0.220. The molecule has 1 heterocycles. The first-order chi connectivity index (χ1) is 15.1. The fourth-order valence-corrected chi connectivity index (χ4v) is 2.95. The lowest BCUT2D eigenvalue weighted by Gasteiger charge is -2.08. The Bertz CT molecular complexity index is 1270. The van der Waals surface area contributed by atoms with Gasteiger partial charge in [-0.1, -0.05) is 55.1 Å². The molecule has 4 rings (SSSR count). The van der Waals surface area contributed by atoms with Crippen LogP contribution in [0.25, 0.3) is 22.1 Å². The number of fused-ring (bicyclic) bond motifs is 1. The van der Waals surface area contributed by atoms with E-state index in [0.717, 1.165) is 11.1 Å². The third kappa shape index (κ3) is 4.64. The molecule has 0 spiro atoms. The van der Waals surface area contributed by atoms with Gasteiger partial charge in [-0.25, -0.2) is 4.79 Å². The van der Waals surface area contributed by atoms with Crippen molar-refractivity contribution in [3.05, 3.63) is 102 Å². The van der Waals surface area contributed by atoms with Crippen molar-refractivity contribution in [3.63, 3.8) is 0 Å². The van der Waals surface area contributed by atoms with Crippen molar-refractivity contribution in [2.45, 2.75) is 0 Å². The first kappa shape index (κ1) is 20.0. The monoisotopic (exact) mass is 414 g/mol. The highest BCUT2D eigenvalue weighted by Crippen LogP contribution is 2.26. The lowest BCUT2D eigenvalue weighted by Crippen LogP contribution is -2.10. The van der Waals surface area contributed by atoms with Crippen molar-refractivity contribution in [2.24, 2.45) is 0 Å². The summed E-state index contributed by atoms with van der Waals surface area (Å²) in [5.74, 6) is 0.755. The van der Waals surface area contributed by atoms with Crippen molar-refractivity contribution in [3.8, 4) is 28.4 Å². The summed E-state index contributed by atoms with van der Waals surface area (Å²) >= 11 is 0. The van der Waals surface area contributed by atoms with E-state index in [-0.39, 0.29) is 29.1 Å². The van der Waals surface area contributed by atoms with Crippen molar-refractivity contribution in [2.75, 3.05) is 6.61 Å². The molecule has 0 atom stereocenters. The Labute approximate surface area is 177 Å². The van der Waals surface area contributed by atoms with Crippen LogP contribution in [-0.2, 0) is 4.74 Å². The zero-order chi connectivity index (χ0) is 21.6. The Morgan fingerprint density at radius 1 is 0.935 bits per heavy atom. The number of carbonyl (C=O) groups is 1. The molecule has 0 amide bonds. The molecule has 0 N–H and O–H groups in total. The molecule has 4 aromatic rings. The topological polar surface area (TPSA) is 75.0 Å².